The second-order valence-electron chi connectivity index (χ2n) is 5.38. The summed E-state index contributed by atoms with van der Waals surface area (Å²) in [7, 11) is 0. The van der Waals surface area contributed by atoms with Gasteiger partial charge in [0.1, 0.15) is 0 Å². The minimum absolute atomic E-state index is 0.0913. The number of thiophene rings is 1. The number of hydrogen-bond acceptors (Lipinski definition) is 8. The van der Waals surface area contributed by atoms with Gasteiger partial charge in [0.15, 0.2) is 0 Å². The van der Waals surface area contributed by atoms with E-state index in [9.17, 15) is 0 Å². The van der Waals surface area contributed by atoms with Crippen LogP contribution in [0.3, 0.4) is 0 Å². The number of hydrogen-bond donors (Lipinski definition) is 0. The van der Waals surface area contributed by atoms with Gasteiger partial charge in [0, 0.05) is 5.56 Å². The summed E-state index contributed by atoms with van der Waals surface area (Å²) in [6, 6.07) is 11.8. The second kappa shape index (κ2) is 6.81. The molecule has 8 heteroatoms. The van der Waals surface area contributed by atoms with Crippen LogP contribution in [0.1, 0.15) is 23.6 Å². The number of aromatic nitrogens is 4. The SMILES string of the molecule is Cc1ccccc1-c1nnc(SC(C)c2nc(-c3cccs3)no2)o1. The summed E-state index contributed by atoms with van der Waals surface area (Å²) in [4.78, 5) is 5.43. The molecule has 4 aromatic rings. The van der Waals surface area contributed by atoms with Gasteiger partial charge in [-0.2, -0.15) is 4.98 Å². The van der Waals surface area contributed by atoms with Crippen LogP contribution in [0.2, 0.25) is 0 Å². The van der Waals surface area contributed by atoms with Crippen molar-refractivity contribution in [1.29, 1.82) is 0 Å². The fourth-order valence-electron chi connectivity index (χ4n) is 2.29. The van der Waals surface area contributed by atoms with Crippen LogP contribution >= 0.6 is 23.1 Å². The minimum atomic E-state index is -0.0913. The van der Waals surface area contributed by atoms with E-state index in [-0.39, 0.29) is 5.25 Å². The van der Waals surface area contributed by atoms with E-state index < -0.39 is 0 Å². The monoisotopic (exact) mass is 370 g/mol. The van der Waals surface area contributed by atoms with E-state index >= 15 is 0 Å². The molecule has 0 aliphatic heterocycles. The molecule has 0 saturated heterocycles. The van der Waals surface area contributed by atoms with Gasteiger partial charge in [-0.1, -0.05) is 41.2 Å². The molecule has 6 nitrogen and oxygen atoms in total. The van der Waals surface area contributed by atoms with Gasteiger partial charge >= 0.3 is 0 Å². The average molecular weight is 370 g/mol. The Kier molecular flexibility index (Phi) is 4.37. The number of nitrogens with zero attached hydrogens (tertiary/aromatic N) is 4. The van der Waals surface area contributed by atoms with Crippen LogP contribution in [0.5, 0.6) is 0 Å². The summed E-state index contributed by atoms with van der Waals surface area (Å²) in [5, 5.41) is 14.6. The second-order valence-corrected chi connectivity index (χ2v) is 7.62. The van der Waals surface area contributed by atoms with E-state index in [1.165, 1.54) is 11.8 Å². The zero-order valence-electron chi connectivity index (χ0n) is 13.5. The maximum absolute atomic E-state index is 5.77. The molecule has 3 aromatic heterocycles. The first-order valence-electron chi connectivity index (χ1n) is 7.64. The summed E-state index contributed by atoms with van der Waals surface area (Å²) in [5.41, 5.74) is 2.03. The molecule has 1 atom stereocenters. The zero-order chi connectivity index (χ0) is 17.2. The standard InChI is InChI=1S/C17H14N4O2S2/c1-10-6-3-4-7-12(10)16-19-20-17(22-16)25-11(2)15-18-14(21-23-15)13-8-5-9-24-13/h3-9,11H,1-2H3. The predicted octanol–water partition coefficient (Wildman–Crippen LogP) is 5.01. The summed E-state index contributed by atoms with van der Waals surface area (Å²) in [6.07, 6.45) is 0. The maximum Gasteiger partial charge on any atom is 0.277 e. The lowest BCUT2D eigenvalue weighted by atomic mass is 10.1. The first-order chi connectivity index (χ1) is 12.2. The third-order valence-electron chi connectivity index (χ3n) is 3.59. The number of rotatable bonds is 5. The fourth-order valence-corrected chi connectivity index (χ4v) is 3.65. The van der Waals surface area contributed by atoms with Crippen LogP contribution in [-0.2, 0) is 0 Å². The molecule has 0 N–H and O–H groups in total. The lowest BCUT2D eigenvalue weighted by Crippen LogP contribution is -1.88. The molecule has 0 amide bonds. The van der Waals surface area contributed by atoms with E-state index in [1.54, 1.807) is 11.3 Å². The lowest BCUT2D eigenvalue weighted by Gasteiger charge is -2.01. The molecule has 1 aromatic carbocycles. The average Bonchev–Trinajstić information content (AvgIpc) is 3.36. The lowest BCUT2D eigenvalue weighted by molar-refractivity contribution is 0.379. The molecule has 0 bridgehead atoms. The highest BCUT2D eigenvalue weighted by atomic mass is 32.2. The van der Waals surface area contributed by atoms with E-state index in [0.29, 0.717) is 22.8 Å². The molecule has 0 aliphatic carbocycles. The topological polar surface area (TPSA) is 77.8 Å². The molecule has 0 radical (unpaired) electrons. The van der Waals surface area contributed by atoms with Gasteiger partial charge in [0.2, 0.25) is 17.6 Å². The molecule has 1 unspecified atom stereocenters. The Morgan fingerprint density at radius 1 is 1.12 bits per heavy atom. The third kappa shape index (κ3) is 3.35. The molecule has 0 spiro atoms. The minimum Gasteiger partial charge on any atom is -0.411 e. The molecule has 4 rings (SSSR count). The smallest absolute Gasteiger partial charge is 0.277 e. The van der Waals surface area contributed by atoms with E-state index in [0.717, 1.165) is 16.0 Å². The van der Waals surface area contributed by atoms with Crippen molar-refractivity contribution in [1.82, 2.24) is 20.3 Å². The van der Waals surface area contributed by atoms with Crippen LogP contribution in [0, 0.1) is 6.92 Å². The van der Waals surface area contributed by atoms with Crippen LogP contribution in [-0.4, -0.2) is 20.3 Å². The van der Waals surface area contributed by atoms with Crippen LogP contribution in [0.4, 0.5) is 0 Å². The summed E-state index contributed by atoms with van der Waals surface area (Å²) in [5.74, 6) is 1.64. The summed E-state index contributed by atoms with van der Waals surface area (Å²) < 4.78 is 11.1. The van der Waals surface area contributed by atoms with Crippen molar-refractivity contribution in [2.45, 2.75) is 24.3 Å². The van der Waals surface area contributed by atoms with Crippen molar-refractivity contribution in [3.63, 3.8) is 0 Å². The van der Waals surface area contributed by atoms with Gasteiger partial charge in [-0.3, -0.25) is 0 Å². The Balaban J connectivity index is 1.50. The highest BCUT2D eigenvalue weighted by molar-refractivity contribution is 7.99. The molecule has 3 heterocycles. The number of benzene rings is 1. The maximum atomic E-state index is 5.77. The molecule has 0 saturated carbocycles. The molecule has 126 valence electrons. The van der Waals surface area contributed by atoms with Crippen LogP contribution in [0.15, 0.2) is 55.9 Å². The Bertz CT molecular complexity index is 978. The predicted molar refractivity (Wildman–Crippen MR) is 96.4 cm³/mol. The van der Waals surface area contributed by atoms with Gasteiger partial charge in [-0.05, 0) is 36.9 Å². The van der Waals surface area contributed by atoms with E-state index in [4.69, 9.17) is 8.94 Å². The molecule has 0 fully saturated rings. The van der Waals surface area contributed by atoms with Crippen molar-refractivity contribution in [2.24, 2.45) is 0 Å². The van der Waals surface area contributed by atoms with E-state index in [1.807, 2.05) is 55.6 Å². The quantitative estimate of drug-likeness (QED) is 0.457. The summed E-state index contributed by atoms with van der Waals surface area (Å²) >= 11 is 2.97. The fraction of sp³-hybridized carbons (Fsp3) is 0.176. The van der Waals surface area contributed by atoms with Gasteiger partial charge in [0.25, 0.3) is 5.22 Å². The first kappa shape index (κ1) is 16.0. The van der Waals surface area contributed by atoms with Gasteiger partial charge in [-0.25, -0.2) is 0 Å². The summed E-state index contributed by atoms with van der Waals surface area (Å²) in [6.45, 7) is 3.98. The van der Waals surface area contributed by atoms with Crippen molar-refractivity contribution < 1.29 is 8.94 Å². The Hall–Kier alpha value is -2.45. The van der Waals surface area contributed by atoms with Crippen molar-refractivity contribution in [3.8, 4) is 22.2 Å². The van der Waals surface area contributed by atoms with Crippen LogP contribution in [0.25, 0.3) is 22.2 Å². The Labute approximate surface area is 152 Å². The highest BCUT2D eigenvalue weighted by Gasteiger charge is 2.20. The molecule has 25 heavy (non-hydrogen) atoms. The zero-order valence-corrected chi connectivity index (χ0v) is 15.2. The Morgan fingerprint density at radius 2 is 2.00 bits per heavy atom. The van der Waals surface area contributed by atoms with Gasteiger partial charge in [-0.15, -0.1) is 21.5 Å². The van der Waals surface area contributed by atoms with Gasteiger partial charge < -0.3 is 8.94 Å². The largest absolute Gasteiger partial charge is 0.411 e. The molecular weight excluding hydrogens is 356 g/mol. The van der Waals surface area contributed by atoms with Crippen molar-refractivity contribution in [2.75, 3.05) is 0 Å². The normalized spacial score (nSPS) is 12.4. The van der Waals surface area contributed by atoms with E-state index in [2.05, 4.69) is 20.3 Å². The highest BCUT2D eigenvalue weighted by Crippen LogP contribution is 2.35. The Morgan fingerprint density at radius 3 is 2.80 bits per heavy atom. The molecular formula is C17H14N4O2S2. The van der Waals surface area contributed by atoms with Crippen LogP contribution < -0.4 is 0 Å². The van der Waals surface area contributed by atoms with Crippen molar-refractivity contribution in [3.05, 3.63) is 53.2 Å². The van der Waals surface area contributed by atoms with Crippen molar-refractivity contribution >= 4 is 23.1 Å². The first-order valence-corrected chi connectivity index (χ1v) is 9.40. The third-order valence-corrected chi connectivity index (χ3v) is 5.38. The number of aryl methyl sites for hydroxylation is 1. The molecule has 0 aliphatic rings. The number of thioether (sulfide) groups is 1. The van der Waals surface area contributed by atoms with Gasteiger partial charge in [0.05, 0.1) is 10.1 Å².